The lowest BCUT2D eigenvalue weighted by Gasteiger charge is -2.42. The predicted octanol–water partition coefficient (Wildman–Crippen LogP) is 2.44. The van der Waals surface area contributed by atoms with Gasteiger partial charge in [-0.25, -0.2) is 14.8 Å². The average Bonchev–Trinajstić information content (AvgIpc) is 3.23. The molecule has 2 aromatic heterocycles. The van der Waals surface area contributed by atoms with E-state index in [2.05, 4.69) is 32.1 Å². The summed E-state index contributed by atoms with van der Waals surface area (Å²) in [7, 11) is 2.01. The number of amides is 3. The molecule has 0 bridgehead atoms. The van der Waals surface area contributed by atoms with Crippen molar-refractivity contribution in [2.45, 2.75) is 19.4 Å². The minimum absolute atomic E-state index is 0.120. The molecule has 30 heavy (non-hydrogen) atoms. The SMILES string of the molecule is CC1CCN(C(=O)Nc2ccc(C(N)=O)cc2)CC1N(C)c1ncnc2[nH]ccc12. The molecule has 9 nitrogen and oxygen atoms in total. The third-order valence-electron chi connectivity index (χ3n) is 5.79. The number of primary amides is 1. The lowest BCUT2D eigenvalue weighted by atomic mass is 9.92. The third-order valence-corrected chi connectivity index (χ3v) is 5.79. The van der Waals surface area contributed by atoms with Crippen LogP contribution in [0.1, 0.15) is 23.7 Å². The number of nitrogens with two attached hydrogens (primary N) is 1. The van der Waals surface area contributed by atoms with Crippen LogP contribution in [0.25, 0.3) is 11.0 Å². The first kappa shape index (κ1) is 19.7. The van der Waals surface area contributed by atoms with E-state index in [0.29, 0.717) is 30.3 Å². The number of hydrogen-bond acceptors (Lipinski definition) is 5. The summed E-state index contributed by atoms with van der Waals surface area (Å²) >= 11 is 0. The van der Waals surface area contributed by atoms with Crippen LogP contribution in [0.5, 0.6) is 0 Å². The molecule has 2 atom stereocenters. The van der Waals surface area contributed by atoms with E-state index in [1.165, 1.54) is 0 Å². The van der Waals surface area contributed by atoms with Gasteiger partial charge in [0.2, 0.25) is 5.91 Å². The monoisotopic (exact) mass is 407 g/mol. The van der Waals surface area contributed by atoms with Crippen LogP contribution in [0.3, 0.4) is 0 Å². The van der Waals surface area contributed by atoms with Crippen LogP contribution < -0.4 is 16.0 Å². The molecule has 0 aliphatic carbocycles. The molecular formula is C21H25N7O2. The van der Waals surface area contributed by atoms with Crippen LogP contribution in [0.15, 0.2) is 42.9 Å². The summed E-state index contributed by atoms with van der Waals surface area (Å²) in [5.74, 6) is 0.755. The van der Waals surface area contributed by atoms with Crippen molar-refractivity contribution in [3.63, 3.8) is 0 Å². The van der Waals surface area contributed by atoms with Crippen LogP contribution >= 0.6 is 0 Å². The van der Waals surface area contributed by atoms with E-state index < -0.39 is 5.91 Å². The van der Waals surface area contributed by atoms with Gasteiger partial charge in [0.15, 0.2) is 0 Å². The second-order valence-electron chi connectivity index (χ2n) is 7.70. The maximum Gasteiger partial charge on any atom is 0.321 e. The van der Waals surface area contributed by atoms with Gasteiger partial charge in [-0.2, -0.15) is 0 Å². The zero-order valence-electron chi connectivity index (χ0n) is 17.0. The number of carbonyl (C=O) groups is 2. The summed E-state index contributed by atoms with van der Waals surface area (Å²) in [6, 6.07) is 8.48. The number of benzene rings is 1. The topological polar surface area (TPSA) is 120 Å². The van der Waals surface area contributed by atoms with E-state index in [4.69, 9.17) is 5.73 Å². The molecule has 1 saturated heterocycles. The van der Waals surface area contributed by atoms with Crippen molar-refractivity contribution in [2.75, 3.05) is 30.4 Å². The van der Waals surface area contributed by atoms with E-state index in [1.807, 2.05) is 24.2 Å². The van der Waals surface area contributed by atoms with Crippen molar-refractivity contribution < 1.29 is 9.59 Å². The fraction of sp³-hybridized carbons (Fsp3) is 0.333. The van der Waals surface area contributed by atoms with E-state index in [9.17, 15) is 9.59 Å². The van der Waals surface area contributed by atoms with Crippen molar-refractivity contribution in [2.24, 2.45) is 11.7 Å². The minimum atomic E-state index is -0.495. The van der Waals surface area contributed by atoms with Crippen LogP contribution in [-0.4, -0.2) is 58.0 Å². The third kappa shape index (κ3) is 3.78. The zero-order chi connectivity index (χ0) is 21.3. The Hall–Kier alpha value is -3.62. The number of urea groups is 1. The van der Waals surface area contributed by atoms with Crippen molar-refractivity contribution >= 4 is 34.5 Å². The van der Waals surface area contributed by atoms with Gasteiger partial charge in [-0.15, -0.1) is 0 Å². The molecule has 156 valence electrons. The van der Waals surface area contributed by atoms with Crippen molar-refractivity contribution in [1.29, 1.82) is 0 Å². The quantitative estimate of drug-likeness (QED) is 0.613. The molecule has 9 heteroatoms. The number of hydrogen-bond donors (Lipinski definition) is 3. The van der Waals surface area contributed by atoms with Crippen LogP contribution in [0, 0.1) is 5.92 Å². The fourth-order valence-corrected chi connectivity index (χ4v) is 3.95. The number of anilines is 2. The van der Waals surface area contributed by atoms with E-state index in [1.54, 1.807) is 30.6 Å². The summed E-state index contributed by atoms with van der Waals surface area (Å²) in [6.07, 6.45) is 4.30. The molecule has 3 amide bonds. The fourth-order valence-electron chi connectivity index (χ4n) is 3.95. The largest absolute Gasteiger partial charge is 0.366 e. The van der Waals surface area contributed by atoms with Gasteiger partial charge in [0.25, 0.3) is 0 Å². The Morgan fingerprint density at radius 2 is 2.00 bits per heavy atom. The van der Waals surface area contributed by atoms with Gasteiger partial charge in [-0.05, 0) is 42.7 Å². The van der Waals surface area contributed by atoms with Gasteiger partial charge in [0, 0.05) is 37.6 Å². The molecule has 2 unspecified atom stereocenters. The highest BCUT2D eigenvalue weighted by atomic mass is 16.2. The molecule has 1 aliphatic heterocycles. The Morgan fingerprint density at radius 1 is 1.23 bits per heavy atom. The summed E-state index contributed by atoms with van der Waals surface area (Å²) in [5, 5.41) is 3.86. The first-order chi connectivity index (χ1) is 14.4. The molecule has 0 spiro atoms. The van der Waals surface area contributed by atoms with Gasteiger partial charge in [-0.3, -0.25) is 4.79 Å². The Kier molecular flexibility index (Phi) is 5.26. The molecule has 1 aliphatic rings. The summed E-state index contributed by atoms with van der Waals surface area (Å²) in [5.41, 5.74) is 7.09. The first-order valence-electron chi connectivity index (χ1n) is 9.90. The molecule has 3 heterocycles. The van der Waals surface area contributed by atoms with E-state index in [-0.39, 0.29) is 12.1 Å². The van der Waals surface area contributed by atoms with Crippen molar-refractivity contribution in [3.8, 4) is 0 Å². The van der Waals surface area contributed by atoms with Gasteiger partial charge in [0.05, 0.1) is 11.4 Å². The van der Waals surface area contributed by atoms with Gasteiger partial charge in [0.1, 0.15) is 17.8 Å². The van der Waals surface area contributed by atoms with E-state index in [0.717, 1.165) is 23.3 Å². The van der Waals surface area contributed by atoms with Crippen molar-refractivity contribution in [3.05, 3.63) is 48.4 Å². The predicted molar refractivity (Wildman–Crippen MR) is 115 cm³/mol. The van der Waals surface area contributed by atoms with Crippen LogP contribution in [0.4, 0.5) is 16.3 Å². The lowest BCUT2D eigenvalue weighted by molar-refractivity contribution is 0.100. The molecule has 4 N–H and O–H groups in total. The molecule has 3 aromatic rings. The molecule has 0 radical (unpaired) electrons. The standard InChI is InChI=1S/C21H25N7O2/c1-13-8-10-28(21(30)26-15-5-3-14(4-6-15)18(22)29)11-17(13)27(2)20-16-7-9-23-19(16)24-12-25-20/h3-7,9,12-13,17H,8,10-11H2,1-2H3,(H2,22,29)(H,26,30)(H,23,24,25). The Balaban J connectivity index is 1.48. The van der Waals surface area contributed by atoms with Gasteiger partial charge >= 0.3 is 6.03 Å². The second-order valence-corrected chi connectivity index (χ2v) is 7.70. The number of H-pyrrole nitrogens is 1. The number of aromatic amines is 1. The number of nitrogens with one attached hydrogen (secondary N) is 2. The lowest BCUT2D eigenvalue weighted by Crippen LogP contribution is -2.53. The smallest absolute Gasteiger partial charge is 0.321 e. The molecule has 0 saturated carbocycles. The van der Waals surface area contributed by atoms with Gasteiger partial charge in [-0.1, -0.05) is 6.92 Å². The Labute approximate surface area is 174 Å². The minimum Gasteiger partial charge on any atom is -0.366 e. The summed E-state index contributed by atoms with van der Waals surface area (Å²) in [4.78, 5) is 39.9. The highest BCUT2D eigenvalue weighted by molar-refractivity contribution is 5.94. The molecule has 1 aromatic carbocycles. The molecule has 4 rings (SSSR count). The molecular weight excluding hydrogens is 382 g/mol. The number of carbonyl (C=O) groups excluding carboxylic acids is 2. The van der Waals surface area contributed by atoms with Gasteiger partial charge < -0.3 is 25.8 Å². The maximum atomic E-state index is 12.8. The summed E-state index contributed by atoms with van der Waals surface area (Å²) < 4.78 is 0. The number of fused-ring (bicyclic) bond motifs is 1. The highest BCUT2D eigenvalue weighted by Gasteiger charge is 2.32. The Bertz CT molecular complexity index is 1060. The number of piperidine rings is 1. The number of nitrogens with zero attached hydrogens (tertiary/aromatic N) is 4. The first-order valence-corrected chi connectivity index (χ1v) is 9.90. The van der Waals surface area contributed by atoms with Crippen LogP contribution in [-0.2, 0) is 0 Å². The highest BCUT2D eigenvalue weighted by Crippen LogP contribution is 2.28. The number of rotatable bonds is 4. The molecule has 1 fully saturated rings. The Morgan fingerprint density at radius 3 is 2.73 bits per heavy atom. The maximum absolute atomic E-state index is 12.8. The zero-order valence-corrected chi connectivity index (χ0v) is 17.0. The number of likely N-dealkylation sites (N-methyl/N-ethyl adjacent to an activating group) is 1. The van der Waals surface area contributed by atoms with Crippen molar-refractivity contribution in [1.82, 2.24) is 19.9 Å². The second kappa shape index (κ2) is 8.02. The summed E-state index contributed by atoms with van der Waals surface area (Å²) in [6.45, 7) is 3.47. The normalized spacial score (nSPS) is 18.9. The van der Waals surface area contributed by atoms with Crippen LogP contribution in [0.2, 0.25) is 0 Å². The number of aromatic nitrogens is 3. The average molecular weight is 407 g/mol. The number of likely N-dealkylation sites (tertiary alicyclic amines) is 1. The van der Waals surface area contributed by atoms with E-state index >= 15 is 0 Å².